The molecule has 0 radical (unpaired) electrons. The Labute approximate surface area is 139 Å². The minimum atomic E-state index is 0.403. The Bertz CT molecular complexity index is 782. The Hall–Kier alpha value is -2.27. The van der Waals surface area contributed by atoms with Crippen LogP contribution in [0.2, 0.25) is 0 Å². The number of nitrogens with zero attached hydrogens (tertiary/aromatic N) is 4. The van der Waals surface area contributed by atoms with Crippen molar-refractivity contribution in [2.75, 3.05) is 11.4 Å². The van der Waals surface area contributed by atoms with Gasteiger partial charge >= 0.3 is 0 Å². The van der Waals surface area contributed by atoms with Gasteiger partial charge in [0.05, 0.1) is 6.04 Å². The summed E-state index contributed by atoms with van der Waals surface area (Å²) in [5.41, 5.74) is 3.55. The molecule has 4 rings (SSSR count). The lowest BCUT2D eigenvalue weighted by Gasteiger charge is -2.23. The molecule has 1 aliphatic heterocycles. The zero-order chi connectivity index (χ0) is 15.6. The predicted octanol–water partition coefficient (Wildman–Crippen LogP) is 4.25. The lowest BCUT2D eigenvalue weighted by Crippen LogP contribution is -2.22. The largest absolute Gasteiger partial charge is 0.340 e. The van der Waals surface area contributed by atoms with Crippen LogP contribution in [0.1, 0.15) is 30.0 Å². The third-order valence-electron chi connectivity index (χ3n) is 4.26. The summed E-state index contributed by atoms with van der Waals surface area (Å²) in [5, 5.41) is 10.6. The first kappa shape index (κ1) is 14.3. The third-order valence-corrected chi connectivity index (χ3v) is 5.24. The van der Waals surface area contributed by atoms with E-state index in [1.54, 1.807) is 17.5 Å². The highest BCUT2D eigenvalue weighted by Gasteiger charge is 2.28. The summed E-state index contributed by atoms with van der Waals surface area (Å²) in [6, 6.07) is 15.1. The van der Waals surface area contributed by atoms with Gasteiger partial charge in [0.1, 0.15) is 5.69 Å². The van der Waals surface area contributed by atoms with E-state index in [4.69, 9.17) is 0 Å². The van der Waals surface area contributed by atoms with Gasteiger partial charge in [0, 0.05) is 12.7 Å². The molecule has 0 bridgehead atoms. The van der Waals surface area contributed by atoms with Gasteiger partial charge < -0.3 is 4.90 Å². The first-order chi connectivity index (χ1) is 11.3. The van der Waals surface area contributed by atoms with Gasteiger partial charge in [0.2, 0.25) is 5.13 Å². The van der Waals surface area contributed by atoms with Crippen LogP contribution < -0.4 is 4.90 Å². The minimum Gasteiger partial charge on any atom is -0.340 e. The first-order valence-electron chi connectivity index (χ1n) is 7.89. The van der Waals surface area contributed by atoms with Crippen molar-refractivity contribution in [3.63, 3.8) is 0 Å². The van der Waals surface area contributed by atoms with Crippen LogP contribution in [0.25, 0.3) is 10.7 Å². The molecule has 0 N–H and O–H groups in total. The number of rotatable bonds is 3. The van der Waals surface area contributed by atoms with Gasteiger partial charge in [-0.15, -0.1) is 10.2 Å². The number of pyridine rings is 1. The second-order valence-electron chi connectivity index (χ2n) is 5.87. The normalized spacial score (nSPS) is 17.6. The molecule has 0 aliphatic carbocycles. The van der Waals surface area contributed by atoms with Gasteiger partial charge in [-0.3, -0.25) is 4.98 Å². The van der Waals surface area contributed by atoms with E-state index in [1.165, 1.54) is 24.0 Å². The predicted molar refractivity (Wildman–Crippen MR) is 93.6 cm³/mol. The molecular weight excluding hydrogens is 304 g/mol. The molecule has 1 saturated heterocycles. The minimum absolute atomic E-state index is 0.403. The maximum atomic E-state index is 4.42. The highest BCUT2D eigenvalue weighted by Crippen LogP contribution is 2.38. The fourth-order valence-electron chi connectivity index (χ4n) is 3.06. The Morgan fingerprint density at radius 1 is 1.09 bits per heavy atom. The summed E-state index contributed by atoms with van der Waals surface area (Å²) < 4.78 is 0. The highest BCUT2D eigenvalue weighted by molar-refractivity contribution is 7.18. The second kappa shape index (κ2) is 6.08. The SMILES string of the molecule is Cc1ccc([C@@H]2CCCN2c2nnc(-c3ccccn3)s2)cc1. The molecule has 3 heterocycles. The lowest BCUT2D eigenvalue weighted by atomic mass is 10.0. The molecule has 4 nitrogen and oxygen atoms in total. The average Bonchev–Trinajstić information content (AvgIpc) is 3.25. The van der Waals surface area contributed by atoms with E-state index < -0.39 is 0 Å². The van der Waals surface area contributed by atoms with Gasteiger partial charge in [0.15, 0.2) is 5.01 Å². The monoisotopic (exact) mass is 322 g/mol. The molecule has 1 aliphatic rings. The molecule has 0 spiro atoms. The number of benzene rings is 1. The Balaban J connectivity index is 1.62. The number of aryl methyl sites for hydroxylation is 1. The van der Waals surface area contributed by atoms with E-state index in [9.17, 15) is 0 Å². The van der Waals surface area contributed by atoms with Crippen molar-refractivity contribution in [3.8, 4) is 10.7 Å². The molecule has 0 saturated carbocycles. The second-order valence-corrected chi connectivity index (χ2v) is 6.82. The number of hydrogen-bond donors (Lipinski definition) is 0. The molecule has 3 aromatic rings. The topological polar surface area (TPSA) is 41.9 Å². The van der Waals surface area contributed by atoms with Crippen LogP contribution in [-0.2, 0) is 0 Å². The van der Waals surface area contributed by atoms with Gasteiger partial charge in [-0.1, -0.05) is 47.2 Å². The molecule has 1 atom stereocenters. The van der Waals surface area contributed by atoms with Crippen molar-refractivity contribution in [2.45, 2.75) is 25.8 Å². The Morgan fingerprint density at radius 3 is 2.74 bits per heavy atom. The van der Waals surface area contributed by atoms with E-state index in [0.717, 1.165) is 22.4 Å². The number of hydrogen-bond acceptors (Lipinski definition) is 5. The van der Waals surface area contributed by atoms with Crippen LogP contribution in [0.3, 0.4) is 0 Å². The average molecular weight is 322 g/mol. The zero-order valence-corrected chi connectivity index (χ0v) is 13.8. The zero-order valence-electron chi connectivity index (χ0n) is 13.0. The van der Waals surface area contributed by atoms with Crippen molar-refractivity contribution in [2.24, 2.45) is 0 Å². The summed E-state index contributed by atoms with van der Waals surface area (Å²) in [4.78, 5) is 6.75. The van der Waals surface area contributed by atoms with E-state index in [-0.39, 0.29) is 0 Å². The highest BCUT2D eigenvalue weighted by atomic mass is 32.1. The molecule has 2 aromatic heterocycles. The maximum absolute atomic E-state index is 4.42. The van der Waals surface area contributed by atoms with Crippen molar-refractivity contribution >= 4 is 16.5 Å². The third kappa shape index (κ3) is 2.84. The van der Waals surface area contributed by atoms with Gasteiger partial charge in [0.25, 0.3) is 0 Å². The maximum Gasteiger partial charge on any atom is 0.209 e. The van der Waals surface area contributed by atoms with Crippen LogP contribution in [-0.4, -0.2) is 21.7 Å². The number of anilines is 1. The smallest absolute Gasteiger partial charge is 0.209 e. The van der Waals surface area contributed by atoms with Crippen molar-refractivity contribution in [1.29, 1.82) is 0 Å². The van der Waals surface area contributed by atoms with Crippen LogP contribution in [0.5, 0.6) is 0 Å². The van der Waals surface area contributed by atoms with Gasteiger partial charge in [-0.2, -0.15) is 0 Å². The van der Waals surface area contributed by atoms with Crippen molar-refractivity contribution in [3.05, 3.63) is 59.8 Å². The molecule has 5 heteroatoms. The van der Waals surface area contributed by atoms with Crippen LogP contribution in [0, 0.1) is 6.92 Å². The van der Waals surface area contributed by atoms with Gasteiger partial charge in [-0.25, -0.2) is 0 Å². The Morgan fingerprint density at radius 2 is 1.96 bits per heavy atom. The van der Waals surface area contributed by atoms with Crippen LogP contribution >= 0.6 is 11.3 Å². The molecule has 0 amide bonds. The lowest BCUT2D eigenvalue weighted by molar-refractivity contribution is 0.713. The summed E-state index contributed by atoms with van der Waals surface area (Å²) in [6.07, 6.45) is 4.15. The van der Waals surface area contributed by atoms with Gasteiger partial charge in [-0.05, 0) is 37.5 Å². The number of aromatic nitrogens is 3. The van der Waals surface area contributed by atoms with Crippen molar-refractivity contribution in [1.82, 2.24) is 15.2 Å². The standard InChI is InChI=1S/C18H18N4S/c1-13-7-9-14(10-8-13)16-6-4-12-22(16)18-21-20-17(23-18)15-5-2-3-11-19-15/h2-3,5,7-11,16H,4,6,12H2,1H3/t16-/m0/s1. The summed E-state index contributed by atoms with van der Waals surface area (Å²) in [5.74, 6) is 0. The molecule has 116 valence electrons. The van der Waals surface area contributed by atoms with Crippen LogP contribution in [0.15, 0.2) is 48.7 Å². The molecule has 1 aromatic carbocycles. The quantitative estimate of drug-likeness (QED) is 0.723. The van der Waals surface area contributed by atoms with E-state index in [1.807, 2.05) is 18.2 Å². The fraction of sp³-hybridized carbons (Fsp3) is 0.278. The molecule has 23 heavy (non-hydrogen) atoms. The summed E-state index contributed by atoms with van der Waals surface area (Å²) in [6.45, 7) is 3.16. The molecular formula is C18H18N4S. The van der Waals surface area contributed by atoms with Crippen LogP contribution in [0.4, 0.5) is 5.13 Å². The summed E-state index contributed by atoms with van der Waals surface area (Å²) in [7, 11) is 0. The summed E-state index contributed by atoms with van der Waals surface area (Å²) >= 11 is 1.63. The fourth-order valence-corrected chi connectivity index (χ4v) is 3.95. The van der Waals surface area contributed by atoms with Crippen molar-refractivity contribution < 1.29 is 0 Å². The molecule has 0 unspecified atom stereocenters. The Kier molecular flexibility index (Phi) is 3.79. The van der Waals surface area contributed by atoms with E-state index in [2.05, 4.69) is 51.3 Å². The van der Waals surface area contributed by atoms with E-state index in [0.29, 0.717) is 6.04 Å². The van der Waals surface area contributed by atoms with E-state index >= 15 is 0 Å². The molecule has 1 fully saturated rings. The first-order valence-corrected chi connectivity index (χ1v) is 8.71.